The van der Waals surface area contributed by atoms with Gasteiger partial charge in [-0.3, -0.25) is 9.79 Å². The first kappa shape index (κ1) is 19.0. The summed E-state index contributed by atoms with van der Waals surface area (Å²) in [6.45, 7) is 5.97. The van der Waals surface area contributed by atoms with Crippen LogP contribution in [0.2, 0.25) is 0 Å². The van der Waals surface area contributed by atoms with Crippen molar-refractivity contribution in [3.8, 4) is 0 Å². The number of rotatable bonds is 8. The summed E-state index contributed by atoms with van der Waals surface area (Å²) in [5.74, 6) is 0.952. The molecular weight excluding hydrogens is 338 g/mol. The molecule has 0 spiro atoms. The number of furan rings is 1. The van der Waals surface area contributed by atoms with Crippen molar-refractivity contribution in [2.24, 2.45) is 4.99 Å². The van der Waals surface area contributed by atoms with Crippen molar-refractivity contribution in [2.45, 2.75) is 26.7 Å². The second-order valence-corrected chi connectivity index (χ2v) is 6.90. The Balaban J connectivity index is 1.58. The quantitative estimate of drug-likeness (QED) is 0.378. The predicted molar refractivity (Wildman–Crippen MR) is 100 cm³/mol. The fraction of sp³-hybridized carbons (Fsp3) is 0.471. The van der Waals surface area contributed by atoms with Crippen molar-refractivity contribution in [1.29, 1.82) is 0 Å². The lowest BCUT2D eigenvalue weighted by Crippen LogP contribution is -2.39. The number of aliphatic imine (C=N–C) groups is 1. The number of hydrogen-bond acceptors (Lipinski definition) is 5. The van der Waals surface area contributed by atoms with Crippen LogP contribution < -0.4 is 16.0 Å². The Morgan fingerprint density at radius 2 is 2.00 bits per heavy atom. The minimum atomic E-state index is -0.177. The first-order valence-corrected chi connectivity index (χ1v) is 9.10. The molecule has 0 atom stereocenters. The minimum Gasteiger partial charge on any atom is -0.459 e. The predicted octanol–water partition coefficient (Wildman–Crippen LogP) is 1.88. The summed E-state index contributed by atoms with van der Waals surface area (Å²) in [6, 6.07) is 1.78. The standard InChI is InChI=1S/C17H25N5O2S/c1-12-6-10-24-15(12)16(23)19-7-4-8-20-17(18-3)21-9-5-14-22-11-13(2)25-14/h6,10-11H,4-5,7-9H2,1-3H3,(H,19,23)(H2,18,20,21). The lowest BCUT2D eigenvalue weighted by Gasteiger charge is -2.11. The average molecular weight is 363 g/mol. The van der Waals surface area contributed by atoms with E-state index < -0.39 is 0 Å². The van der Waals surface area contributed by atoms with E-state index in [0.717, 1.165) is 35.9 Å². The normalized spacial score (nSPS) is 11.4. The number of nitrogens with one attached hydrogen (secondary N) is 3. The fourth-order valence-electron chi connectivity index (χ4n) is 2.21. The van der Waals surface area contributed by atoms with Crippen molar-refractivity contribution in [2.75, 3.05) is 26.7 Å². The Labute approximate surface area is 151 Å². The van der Waals surface area contributed by atoms with Crippen LogP contribution in [-0.2, 0) is 6.42 Å². The van der Waals surface area contributed by atoms with E-state index in [1.807, 2.05) is 13.1 Å². The van der Waals surface area contributed by atoms with E-state index in [1.54, 1.807) is 24.5 Å². The van der Waals surface area contributed by atoms with Crippen LogP contribution in [0, 0.1) is 13.8 Å². The van der Waals surface area contributed by atoms with E-state index in [2.05, 4.69) is 32.9 Å². The van der Waals surface area contributed by atoms with E-state index in [1.165, 1.54) is 11.1 Å². The van der Waals surface area contributed by atoms with Crippen molar-refractivity contribution in [3.05, 3.63) is 39.7 Å². The van der Waals surface area contributed by atoms with Gasteiger partial charge in [0.2, 0.25) is 0 Å². The average Bonchev–Trinajstić information content (AvgIpc) is 3.21. The summed E-state index contributed by atoms with van der Waals surface area (Å²) in [5.41, 5.74) is 0.843. The monoisotopic (exact) mass is 363 g/mol. The second-order valence-electron chi connectivity index (χ2n) is 5.58. The van der Waals surface area contributed by atoms with Gasteiger partial charge in [-0.05, 0) is 26.3 Å². The Kier molecular flexibility index (Phi) is 7.46. The highest BCUT2D eigenvalue weighted by Gasteiger charge is 2.11. The van der Waals surface area contributed by atoms with Gasteiger partial charge in [-0.25, -0.2) is 4.98 Å². The summed E-state index contributed by atoms with van der Waals surface area (Å²) >= 11 is 1.71. The number of thiazole rings is 1. The number of hydrogen-bond donors (Lipinski definition) is 3. The van der Waals surface area contributed by atoms with Gasteiger partial charge in [0.1, 0.15) is 0 Å². The number of aryl methyl sites for hydroxylation is 2. The number of aromatic nitrogens is 1. The topological polar surface area (TPSA) is 91.5 Å². The molecule has 2 aromatic rings. The molecule has 2 heterocycles. The van der Waals surface area contributed by atoms with Gasteiger partial charge in [-0.1, -0.05) is 0 Å². The highest BCUT2D eigenvalue weighted by atomic mass is 32.1. The fourth-order valence-corrected chi connectivity index (χ4v) is 2.99. The molecule has 3 N–H and O–H groups in total. The Morgan fingerprint density at radius 1 is 1.24 bits per heavy atom. The minimum absolute atomic E-state index is 0.177. The second kappa shape index (κ2) is 9.83. The molecule has 1 amide bonds. The van der Waals surface area contributed by atoms with E-state index >= 15 is 0 Å². The van der Waals surface area contributed by atoms with Crippen molar-refractivity contribution in [3.63, 3.8) is 0 Å². The SMILES string of the molecule is CN=C(NCCCNC(=O)c1occc1C)NCCc1ncc(C)s1. The third-order valence-corrected chi connectivity index (χ3v) is 4.50. The maximum absolute atomic E-state index is 11.9. The van der Waals surface area contributed by atoms with Crippen LogP contribution in [0.1, 0.15) is 32.4 Å². The maximum Gasteiger partial charge on any atom is 0.287 e. The smallest absolute Gasteiger partial charge is 0.287 e. The molecule has 0 aliphatic rings. The molecule has 0 aliphatic carbocycles. The molecule has 0 aliphatic heterocycles. The molecule has 0 saturated carbocycles. The number of nitrogens with zero attached hydrogens (tertiary/aromatic N) is 2. The van der Waals surface area contributed by atoms with Crippen LogP contribution in [0.25, 0.3) is 0 Å². The molecule has 2 rings (SSSR count). The van der Waals surface area contributed by atoms with E-state index in [0.29, 0.717) is 18.8 Å². The van der Waals surface area contributed by atoms with Gasteiger partial charge < -0.3 is 20.4 Å². The lowest BCUT2D eigenvalue weighted by molar-refractivity contribution is 0.0925. The van der Waals surface area contributed by atoms with Gasteiger partial charge >= 0.3 is 0 Å². The third-order valence-electron chi connectivity index (χ3n) is 3.52. The molecule has 0 radical (unpaired) electrons. The van der Waals surface area contributed by atoms with Crippen molar-refractivity contribution >= 4 is 23.2 Å². The summed E-state index contributed by atoms with van der Waals surface area (Å²) in [6.07, 6.45) is 5.08. The van der Waals surface area contributed by atoms with Crippen molar-refractivity contribution in [1.82, 2.24) is 20.9 Å². The summed E-state index contributed by atoms with van der Waals surface area (Å²) in [5, 5.41) is 10.5. The molecule has 25 heavy (non-hydrogen) atoms. The third kappa shape index (κ3) is 6.22. The number of carbonyl (C=O) groups excluding carboxylic acids is 1. The molecule has 0 saturated heterocycles. The largest absolute Gasteiger partial charge is 0.459 e. The van der Waals surface area contributed by atoms with Gasteiger partial charge in [0, 0.05) is 49.7 Å². The molecule has 0 bridgehead atoms. The molecular formula is C17H25N5O2S. The number of carbonyl (C=O) groups is 1. The van der Waals surface area contributed by atoms with Crippen LogP contribution in [0.4, 0.5) is 0 Å². The van der Waals surface area contributed by atoms with Crippen LogP contribution in [0.15, 0.2) is 27.9 Å². The Bertz CT molecular complexity index is 707. The first-order chi connectivity index (χ1) is 12.1. The molecule has 0 unspecified atom stereocenters. The van der Waals surface area contributed by atoms with Gasteiger partial charge in [0.15, 0.2) is 11.7 Å². The van der Waals surface area contributed by atoms with Gasteiger partial charge in [-0.2, -0.15) is 0 Å². The number of guanidine groups is 1. The summed E-state index contributed by atoms with van der Waals surface area (Å²) in [7, 11) is 1.74. The maximum atomic E-state index is 11.9. The highest BCUT2D eigenvalue weighted by molar-refractivity contribution is 7.11. The van der Waals surface area contributed by atoms with Crippen LogP contribution in [0.5, 0.6) is 0 Å². The van der Waals surface area contributed by atoms with E-state index in [9.17, 15) is 4.79 Å². The first-order valence-electron chi connectivity index (χ1n) is 8.28. The summed E-state index contributed by atoms with van der Waals surface area (Å²) < 4.78 is 5.16. The van der Waals surface area contributed by atoms with Crippen molar-refractivity contribution < 1.29 is 9.21 Å². The zero-order valence-corrected chi connectivity index (χ0v) is 15.7. The number of amides is 1. The van der Waals surface area contributed by atoms with E-state index in [4.69, 9.17) is 4.42 Å². The summed E-state index contributed by atoms with van der Waals surface area (Å²) in [4.78, 5) is 21.6. The van der Waals surface area contributed by atoms with Gasteiger partial charge in [0.25, 0.3) is 5.91 Å². The van der Waals surface area contributed by atoms with Crippen LogP contribution in [-0.4, -0.2) is 43.5 Å². The lowest BCUT2D eigenvalue weighted by atomic mass is 10.2. The van der Waals surface area contributed by atoms with Crippen LogP contribution >= 0.6 is 11.3 Å². The molecule has 136 valence electrons. The molecule has 7 nitrogen and oxygen atoms in total. The Morgan fingerprint density at radius 3 is 2.64 bits per heavy atom. The zero-order valence-electron chi connectivity index (χ0n) is 14.9. The van der Waals surface area contributed by atoms with E-state index in [-0.39, 0.29) is 5.91 Å². The zero-order chi connectivity index (χ0) is 18.1. The molecule has 8 heteroatoms. The highest BCUT2D eigenvalue weighted by Crippen LogP contribution is 2.10. The van der Waals surface area contributed by atoms with Crippen LogP contribution in [0.3, 0.4) is 0 Å². The molecule has 2 aromatic heterocycles. The van der Waals surface area contributed by atoms with Gasteiger partial charge in [-0.15, -0.1) is 11.3 Å². The Hall–Kier alpha value is -2.35. The molecule has 0 aromatic carbocycles. The van der Waals surface area contributed by atoms with Gasteiger partial charge in [0.05, 0.1) is 11.3 Å². The molecule has 0 fully saturated rings.